The fourth-order valence-electron chi connectivity index (χ4n) is 0.391. The maximum atomic E-state index is 4.73. The van der Waals surface area contributed by atoms with Crippen LogP contribution in [-0.2, 0) is 9.02 Å². The first-order valence-electron chi connectivity index (χ1n) is 2.57. The lowest BCUT2D eigenvalue weighted by Gasteiger charge is -1.97. The zero-order chi connectivity index (χ0) is 7.23. The minimum atomic E-state index is 0.720. The second-order valence-corrected chi connectivity index (χ2v) is 1.93. The van der Waals surface area contributed by atoms with Crippen LogP contribution >= 0.6 is 12.2 Å². The van der Waals surface area contributed by atoms with Gasteiger partial charge in [-0.25, -0.2) is 0 Å². The highest BCUT2D eigenvalue weighted by atomic mass is 32.2. The minimum absolute atomic E-state index is 0.720. The number of nitrogens with zero attached hydrogens (tertiary/aromatic N) is 2. The summed E-state index contributed by atoms with van der Waals surface area (Å²) in [7, 11) is 1.48. The van der Waals surface area contributed by atoms with Crippen LogP contribution < -0.4 is 0 Å². The summed E-state index contributed by atoms with van der Waals surface area (Å²) in [6.07, 6.45) is 4.74. The summed E-state index contributed by atoms with van der Waals surface area (Å²) in [6.45, 7) is 0. The third-order valence-corrected chi connectivity index (χ3v) is 1.25. The normalized spacial score (nSPS) is 16.7. The topological polar surface area (TPSA) is 43.2 Å². The van der Waals surface area contributed by atoms with E-state index in [9.17, 15) is 0 Å². The first-order chi connectivity index (χ1) is 4.93. The molecule has 4 nitrogen and oxygen atoms in total. The first-order valence-corrected chi connectivity index (χ1v) is 3.27. The third kappa shape index (κ3) is 2.10. The van der Waals surface area contributed by atoms with Crippen molar-refractivity contribution in [3.63, 3.8) is 0 Å². The molecule has 0 N–H and O–H groups in total. The molecule has 54 valence electrons. The van der Waals surface area contributed by atoms with Crippen LogP contribution in [0.2, 0.25) is 0 Å². The molecule has 1 rings (SSSR count). The highest BCUT2D eigenvalue weighted by molar-refractivity contribution is 7.93. The van der Waals surface area contributed by atoms with Gasteiger partial charge in [0.25, 0.3) is 0 Å². The van der Waals surface area contributed by atoms with Crippen LogP contribution in [0.25, 0.3) is 0 Å². The minimum Gasteiger partial charge on any atom is -0.412 e. The van der Waals surface area contributed by atoms with E-state index in [1.54, 1.807) is 6.08 Å². The van der Waals surface area contributed by atoms with Gasteiger partial charge in [0.2, 0.25) is 12.2 Å². The molecule has 0 fully saturated rings. The van der Waals surface area contributed by atoms with E-state index in [1.165, 1.54) is 19.6 Å². The SMILES string of the molecule is CON=CC1=NSOC=C1. The van der Waals surface area contributed by atoms with Gasteiger partial charge in [-0.1, -0.05) is 5.16 Å². The van der Waals surface area contributed by atoms with Gasteiger partial charge in [0, 0.05) is 6.08 Å². The van der Waals surface area contributed by atoms with Gasteiger partial charge < -0.3 is 9.02 Å². The van der Waals surface area contributed by atoms with Gasteiger partial charge in [-0.2, -0.15) is 4.40 Å². The first kappa shape index (κ1) is 7.14. The Bertz CT molecular complexity index is 188. The standard InChI is InChI=1S/C5H6N2O2S/c1-8-6-4-5-2-3-9-10-7-5/h2-4H,1H3. The van der Waals surface area contributed by atoms with E-state index in [0.717, 1.165) is 17.9 Å². The molecule has 0 spiro atoms. The lowest BCUT2D eigenvalue weighted by molar-refractivity contribution is 0.216. The summed E-state index contributed by atoms with van der Waals surface area (Å²) >= 11 is 1.01. The number of allylic oxidation sites excluding steroid dienone is 1. The number of oxime groups is 1. The third-order valence-electron chi connectivity index (χ3n) is 0.770. The van der Waals surface area contributed by atoms with Gasteiger partial charge in [0.1, 0.15) is 13.4 Å². The van der Waals surface area contributed by atoms with Gasteiger partial charge in [0.15, 0.2) is 0 Å². The molecule has 0 aromatic carbocycles. The molecule has 0 atom stereocenters. The number of hydrogen-bond donors (Lipinski definition) is 0. The molecule has 0 radical (unpaired) electrons. The predicted octanol–water partition coefficient (Wildman–Crippen LogP) is 1.17. The van der Waals surface area contributed by atoms with Crippen molar-refractivity contribution in [2.45, 2.75) is 0 Å². The van der Waals surface area contributed by atoms with Crippen molar-refractivity contribution in [3.8, 4) is 0 Å². The Morgan fingerprint density at radius 1 is 1.90 bits per heavy atom. The molecule has 0 unspecified atom stereocenters. The Morgan fingerprint density at radius 2 is 2.80 bits per heavy atom. The summed E-state index contributed by atoms with van der Waals surface area (Å²) in [4.78, 5) is 4.45. The lowest BCUT2D eigenvalue weighted by atomic mass is 10.4. The molecule has 0 amide bonds. The van der Waals surface area contributed by atoms with Crippen LogP contribution in [0.5, 0.6) is 0 Å². The summed E-state index contributed by atoms with van der Waals surface area (Å²) in [5.41, 5.74) is 0.720. The number of rotatable bonds is 2. The molecule has 1 aliphatic heterocycles. The maximum absolute atomic E-state index is 4.73. The van der Waals surface area contributed by atoms with Crippen LogP contribution in [0, 0.1) is 0 Å². The second kappa shape index (κ2) is 3.94. The van der Waals surface area contributed by atoms with Crippen LogP contribution in [0.4, 0.5) is 0 Å². The van der Waals surface area contributed by atoms with Gasteiger partial charge in [-0.15, -0.1) is 0 Å². The van der Waals surface area contributed by atoms with Gasteiger partial charge in [0.05, 0.1) is 11.9 Å². The molecule has 10 heavy (non-hydrogen) atoms. The van der Waals surface area contributed by atoms with Crippen molar-refractivity contribution in [2.24, 2.45) is 9.55 Å². The molecular formula is C5H6N2O2S. The van der Waals surface area contributed by atoms with E-state index >= 15 is 0 Å². The zero-order valence-corrected chi connectivity index (χ0v) is 6.17. The lowest BCUT2D eigenvalue weighted by Crippen LogP contribution is -1.96. The van der Waals surface area contributed by atoms with Crippen molar-refractivity contribution < 1.29 is 9.02 Å². The van der Waals surface area contributed by atoms with E-state index < -0.39 is 0 Å². The predicted molar refractivity (Wildman–Crippen MR) is 40.8 cm³/mol. The smallest absolute Gasteiger partial charge is 0.201 e. The fraction of sp³-hybridized carbons (Fsp3) is 0.200. The van der Waals surface area contributed by atoms with Crippen molar-refractivity contribution in [2.75, 3.05) is 7.11 Å². The quantitative estimate of drug-likeness (QED) is 0.262. The molecule has 5 heteroatoms. The molecule has 0 aromatic heterocycles. The number of hydrogen-bond acceptors (Lipinski definition) is 5. The molecule has 0 saturated carbocycles. The maximum Gasteiger partial charge on any atom is 0.201 e. The van der Waals surface area contributed by atoms with E-state index in [4.69, 9.17) is 4.18 Å². The average molecular weight is 158 g/mol. The Labute approximate surface area is 62.9 Å². The van der Waals surface area contributed by atoms with E-state index in [1.807, 2.05) is 0 Å². The Morgan fingerprint density at radius 3 is 3.40 bits per heavy atom. The molecule has 0 aromatic rings. The Hall–Kier alpha value is -0.970. The average Bonchev–Trinajstić information content (AvgIpc) is 2.03. The summed E-state index contributed by atoms with van der Waals surface area (Å²) in [5.74, 6) is 0. The molecule has 0 bridgehead atoms. The largest absolute Gasteiger partial charge is 0.412 e. The van der Waals surface area contributed by atoms with E-state index in [2.05, 4.69) is 14.4 Å². The van der Waals surface area contributed by atoms with Crippen LogP contribution in [0.3, 0.4) is 0 Å². The molecule has 1 heterocycles. The Kier molecular flexibility index (Phi) is 2.82. The van der Waals surface area contributed by atoms with Crippen LogP contribution in [-0.4, -0.2) is 19.0 Å². The summed E-state index contributed by atoms with van der Waals surface area (Å²) in [5, 5.41) is 3.52. The van der Waals surface area contributed by atoms with Gasteiger partial charge >= 0.3 is 0 Å². The highest BCUT2D eigenvalue weighted by Gasteiger charge is 1.95. The van der Waals surface area contributed by atoms with Crippen LogP contribution in [0.1, 0.15) is 0 Å². The zero-order valence-electron chi connectivity index (χ0n) is 5.35. The Balaban J connectivity index is 2.47. The van der Waals surface area contributed by atoms with Crippen molar-refractivity contribution in [1.29, 1.82) is 0 Å². The molecule has 0 aliphatic carbocycles. The van der Waals surface area contributed by atoms with Crippen molar-refractivity contribution in [3.05, 3.63) is 12.3 Å². The fourth-order valence-corrected chi connectivity index (χ4v) is 0.733. The van der Waals surface area contributed by atoms with Crippen molar-refractivity contribution >= 4 is 24.2 Å². The monoisotopic (exact) mass is 158 g/mol. The van der Waals surface area contributed by atoms with E-state index in [0.29, 0.717) is 0 Å². The van der Waals surface area contributed by atoms with Gasteiger partial charge in [-0.3, -0.25) is 0 Å². The van der Waals surface area contributed by atoms with E-state index in [-0.39, 0.29) is 0 Å². The molecule has 0 saturated heterocycles. The molecule has 1 aliphatic rings. The molecular weight excluding hydrogens is 152 g/mol. The summed E-state index contributed by atoms with van der Waals surface area (Å²) in [6, 6.07) is 0. The second-order valence-electron chi connectivity index (χ2n) is 1.41. The van der Waals surface area contributed by atoms with Gasteiger partial charge in [-0.05, 0) is 0 Å². The summed E-state index contributed by atoms with van der Waals surface area (Å²) < 4.78 is 8.59. The highest BCUT2D eigenvalue weighted by Crippen LogP contribution is 2.09. The van der Waals surface area contributed by atoms with Crippen molar-refractivity contribution in [1.82, 2.24) is 0 Å². The van der Waals surface area contributed by atoms with Crippen LogP contribution in [0.15, 0.2) is 21.9 Å².